The largest absolute Gasteiger partial charge is 0.485 e. The van der Waals surface area contributed by atoms with E-state index in [-0.39, 0.29) is 16.9 Å². The summed E-state index contributed by atoms with van der Waals surface area (Å²) in [5.74, 6) is -3.25. The third-order valence-corrected chi connectivity index (χ3v) is 2.94. The Kier molecular flexibility index (Phi) is 5.04. The summed E-state index contributed by atoms with van der Waals surface area (Å²) in [6, 6.07) is 0.939. The molecule has 1 aromatic heterocycles. The highest BCUT2D eigenvalue weighted by atomic mass is 35.5. The molecule has 0 spiro atoms. The van der Waals surface area contributed by atoms with Crippen LogP contribution in [0.15, 0.2) is 18.3 Å². The Bertz CT molecular complexity index is 688. The number of ether oxygens (including phenoxy) is 1. The number of anilines is 1. The van der Waals surface area contributed by atoms with Gasteiger partial charge in [-0.25, -0.2) is 18.2 Å². The fraction of sp³-hybridized carbons (Fsp3) is 0.231. The lowest BCUT2D eigenvalue weighted by Gasteiger charge is -2.15. The number of hydrogen-bond acceptors (Lipinski definition) is 5. The number of hydrogen-bond donors (Lipinski definition) is 2. The summed E-state index contributed by atoms with van der Waals surface area (Å²) in [7, 11) is 1.57. The Hall–Kier alpha value is -2.06. The average molecular weight is 334 g/mol. The lowest BCUT2D eigenvalue weighted by molar-refractivity contribution is 0.104. The van der Waals surface area contributed by atoms with Crippen LogP contribution in [0, 0.1) is 17.5 Å². The van der Waals surface area contributed by atoms with Crippen molar-refractivity contribution in [1.82, 2.24) is 9.97 Å². The van der Waals surface area contributed by atoms with E-state index in [9.17, 15) is 18.3 Å². The molecule has 0 saturated carbocycles. The highest BCUT2D eigenvalue weighted by Gasteiger charge is 2.18. The number of rotatable bonds is 5. The molecule has 0 aliphatic heterocycles. The Balaban J connectivity index is 2.13. The third-order valence-electron chi connectivity index (χ3n) is 2.76. The molecule has 1 heterocycles. The lowest BCUT2D eigenvalue weighted by atomic mass is 10.1. The quantitative estimate of drug-likeness (QED) is 0.650. The van der Waals surface area contributed by atoms with E-state index in [2.05, 4.69) is 15.3 Å². The van der Waals surface area contributed by atoms with Crippen LogP contribution in [0.2, 0.25) is 5.28 Å². The van der Waals surface area contributed by atoms with Gasteiger partial charge in [0.15, 0.2) is 23.2 Å². The minimum absolute atomic E-state index is 0.0103. The number of nitrogens with one attached hydrogen (secondary N) is 1. The molecular weight excluding hydrogens is 323 g/mol. The molecule has 0 bridgehead atoms. The predicted molar refractivity (Wildman–Crippen MR) is 73.4 cm³/mol. The molecule has 9 heteroatoms. The zero-order chi connectivity index (χ0) is 16.3. The number of benzene rings is 1. The van der Waals surface area contributed by atoms with Crippen molar-refractivity contribution < 1.29 is 23.0 Å². The van der Waals surface area contributed by atoms with E-state index in [1.807, 2.05) is 0 Å². The van der Waals surface area contributed by atoms with Crippen molar-refractivity contribution in [1.29, 1.82) is 0 Å². The Morgan fingerprint density at radius 2 is 1.95 bits per heavy atom. The maximum absolute atomic E-state index is 13.5. The maximum Gasteiger partial charge on any atom is 0.224 e. The molecule has 0 aliphatic carbocycles. The number of nitrogens with zero attached hydrogens (tertiary/aromatic N) is 2. The van der Waals surface area contributed by atoms with Crippen LogP contribution < -0.4 is 10.1 Å². The molecule has 2 aromatic rings. The molecule has 5 nitrogen and oxygen atoms in total. The second kappa shape index (κ2) is 6.80. The normalized spacial score (nSPS) is 12.1. The average Bonchev–Trinajstić information content (AvgIpc) is 2.49. The van der Waals surface area contributed by atoms with Gasteiger partial charge in [0, 0.05) is 18.7 Å². The van der Waals surface area contributed by atoms with Crippen molar-refractivity contribution >= 4 is 17.4 Å². The van der Waals surface area contributed by atoms with Gasteiger partial charge in [-0.1, -0.05) is 0 Å². The summed E-state index contributed by atoms with van der Waals surface area (Å²) in [6.45, 7) is -0.415. The molecule has 2 N–H and O–H groups in total. The van der Waals surface area contributed by atoms with Gasteiger partial charge >= 0.3 is 0 Å². The first kappa shape index (κ1) is 16.3. The second-order valence-electron chi connectivity index (χ2n) is 4.22. The van der Waals surface area contributed by atoms with Crippen LogP contribution in [0.5, 0.6) is 5.75 Å². The smallest absolute Gasteiger partial charge is 0.224 e. The Labute approximate surface area is 128 Å². The van der Waals surface area contributed by atoms with Gasteiger partial charge in [0.05, 0.1) is 6.20 Å². The summed E-state index contributed by atoms with van der Waals surface area (Å²) >= 11 is 5.61. The Morgan fingerprint density at radius 3 is 2.64 bits per heavy atom. The fourth-order valence-electron chi connectivity index (χ4n) is 1.69. The zero-order valence-electron chi connectivity index (χ0n) is 11.3. The highest BCUT2D eigenvalue weighted by molar-refractivity contribution is 6.28. The van der Waals surface area contributed by atoms with Gasteiger partial charge in [0.2, 0.25) is 5.28 Å². The van der Waals surface area contributed by atoms with E-state index in [1.165, 1.54) is 6.20 Å². The lowest BCUT2D eigenvalue weighted by Crippen LogP contribution is -2.13. The third kappa shape index (κ3) is 3.58. The number of aliphatic hydroxyl groups excluding tert-OH is 1. The summed E-state index contributed by atoms with van der Waals surface area (Å²) < 4.78 is 44.7. The van der Waals surface area contributed by atoms with E-state index in [4.69, 9.17) is 16.3 Å². The van der Waals surface area contributed by atoms with Gasteiger partial charge in [-0.05, 0) is 17.7 Å². The van der Waals surface area contributed by atoms with Crippen molar-refractivity contribution in [3.63, 3.8) is 0 Å². The van der Waals surface area contributed by atoms with Crippen molar-refractivity contribution in [3.05, 3.63) is 46.6 Å². The molecule has 2 rings (SSSR count). The zero-order valence-corrected chi connectivity index (χ0v) is 12.0. The number of aliphatic hydroxyl groups is 1. The van der Waals surface area contributed by atoms with Crippen molar-refractivity contribution in [2.75, 3.05) is 19.0 Å². The first-order valence-corrected chi connectivity index (χ1v) is 6.45. The van der Waals surface area contributed by atoms with Gasteiger partial charge in [-0.15, -0.1) is 0 Å². The molecular formula is C13H11ClF3N3O2. The topological polar surface area (TPSA) is 67.3 Å². The molecule has 118 valence electrons. The molecule has 0 amide bonds. The van der Waals surface area contributed by atoms with Gasteiger partial charge in [0.25, 0.3) is 0 Å². The molecule has 0 fully saturated rings. The van der Waals surface area contributed by atoms with E-state index < -0.39 is 35.7 Å². The minimum atomic E-state index is -1.50. The molecule has 0 saturated heterocycles. The van der Waals surface area contributed by atoms with Gasteiger partial charge < -0.3 is 15.2 Å². The molecule has 22 heavy (non-hydrogen) atoms. The first-order valence-electron chi connectivity index (χ1n) is 6.08. The summed E-state index contributed by atoms with van der Waals surface area (Å²) in [5, 5.41) is 12.5. The second-order valence-corrected chi connectivity index (χ2v) is 4.55. The highest BCUT2D eigenvalue weighted by Crippen LogP contribution is 2.25. The molecule has 1 aromatic carbocycles. The summed E-state index contributed by atoms with van der Waals surface area (Å²) in [6.07, 6.45) is -0.245. The van der Waals surface area contributed by atoms with Crippen molar-refractivity contribution in [3.8, 4) is 5.75 Å². The van der Waals surface area contributed by atoms with Crippen LogP contribution in [0.4, 0.5) is 19.0 Å². The van der Waals surface area contributed by atoms with E-state index in [1.54, 1.807) is 7.05 Å². The monoisotopic (exact) mass is 333 g/mol. The van der Waals surface area contributed by atoms with Crippen LogP contribution in [-0.4, -0.2) is 28.7 Å². The van der Waals surface area contributed by atoms with Gasteiger partial charge in [0.1, 0.15) is 18.5 Å². The van der Waals surface area contributed by atoms with Crippen molar-refractivity contribution in [2.45, 2.75) is 6.10 Å². The van der Waals surface area contributed by atoms with Crippen LogP contribution in [0.1, 0.15) is 11.7 Å². The molecule has 1 atom stereocenters. The van der Waals surface area contributed by atoms with E-state index >= 15 is 0 Å². The first-order chi connectivity index (χ1) is 10.4. The van der Waals surface area contributed by atoms with Gasteiger partial charge in [-0.3, -0.25) is 0 Å². The van der Waals surface area contributed by atoms with Crippen LogP contribution in [0.3, 0.4) is 0 Å². The van der Waals surface area contributed by atoms with E-state index in [0.717, 1.165) is 0 Å². The molecule has 0 aliphatic rings. The number of halogens is 4. The number of aromatic nitrogens is 2. The molecule has 1 unspecified atom stereocenters. The maximum atomic E-state index is 13.5. The van der Waals surface area contributed by atoms with E-state index in [0.29, 0.717) is 12.1 Å². The SMILES string of the molecule is CNc1nc(Cl)ncc1OCC(O)c1cc(F)c(F)cc1F. The minimum Gasteiger partial charge on any atom is -0.485 e. The Morgan fingerprint density at radius 1 is 1.27 bits per heavy atom. The van der Waals surface area contributed by atoms with Crippen LogP contribution in [-0.2, 0) is 0 Å². The molecule has 0 radical (unpaired) electrons. The summed E-state index contributed by atoms with van der Waals surface area (Å²) in [5.41, 5.74) is -0.417. The van der Waals surface area contributed by atoms with Gasteiger partial charge in [-0.2, -0.15) is 4.98 Å². The van der Waals surface area contributed by atoms with Crippen LogP contribution in [0.25, 0.3) is 0 Å². The standard InChI is InChI=1S/C13H11ClF3N3O2/c1-18-12-11(4-19-13(14)20-12)22-5-10(21)6-2-8(16)9(17)3-7(6)15/h2-4,10,21H,5H2,1H3,(H,18,19,20). The fourth-order valence-corrected chi connectivity index (χ4v) is 1.82. The summed E-state index contributed by atoms with van der Waals surface area (Å²) in [4.78, 5) is 7.54. The van der Waals surface area contributed by atoms with Crippen LogP contribution >= 0.6 is 11.6 Å². The van der Waals surface area contributed by atoms with Crippen molar-refractivity contribution in [2.24, 2.45) is 0 Å². The predicted octanol–water partition coefficient (Wildman–Crippen LogP) is 2.70.